The smallest absolute Gasteiger partial charge is 0.405 e. The molecule has 0 aliphatic carbocycles. The highest BCUT2D eigenvalue weighted by molar-refractivity contribution is 5.94. The molecule has 144 valence electrons. The summed E-state index contributed by atoms with van der Waals surface area (Å²) in [6.07, 6.45) is -4.80. The number of rotatable bonds is 6. The van der Waals surface area contributed by atoms with E-state index in [-0.39, 0.29) is 29.7 Å². The summed E-state index contributed by atoms with van der Waals surface area (Å²) < 4.78 is 41.5. The van der Waals surface area contributed by atoms with Crippen LogP contribution in [0.5, 0.6) is 5.75 Å². The topological polar surface area (TPSA) is 58.6 Å². The lowest BCUT2D eigenvalue weighted by Gasteiger charge is -2.20. The van der Waals surface area contributed by atoms with Gasteiger partial charge in [-0.05, 0) is 23.8 Å². The summed E-state index contributed by atoms with van der Waals surface area (Å²) in [5, 5.41) is 2.65. The van der Waals surface area contributed by atoms with Crippen LogP contribution in [0.1, 0.15) is 28.4 Å². The average Bonchev–Trinajstić information content (AvgIpc) is 2.60. The summed E-state index contributed by atoms with van der Waals surface area (Å²) in [7, 11) is 1.50. The SMILES string of the molecule is CC(=O)NCc1ccc(C(=O)N(C)Cc2ccccc2OC(F)(F)F)cc1. The van der Waals surface area contributed by atoms with Gasteiger partial charge in [-0.3, -0.25) is 9.59 Å². The first-order chi connectivity index (χ1) is 12.7. The maximum Gasteiger partial charge on any atom is 0.573 e. The predicted octanol–water partition coefficient (Wildman–Crippen LogP) is 3.49. The van der Waals surface area contributed by atoms with Gasteiger partial charge in [-0.15, -0.1) is 13.2 Å². The van der Waals surface area contributed by atoms with Gasteiger partial charge in [-0.25, -0.2) is 0 Å². The van der Waals surface area contributed by atoms with Crippen LogP contribution in [0.4, 0.5) is 13.2 Å². The third-order valence-electron chi connectivity index (χ3n) is 3.69. The van der Waals surface area contributed by atoms with Gasteiger partial charge in [0.15, 0.2) is 0 Å². The van der Waals surface area contributed by atoms with Crippen molar-refractivity contribution in [2.45, 2.75) is 26.4 Å². The highest BCUT2D eigenvalue weighted by Crippen LogP contribution is 2.27. The number of alkyl halides is 3. The molecule has 0 aliphatic heterocycles. The quantitative estimate of drug-likeness (QED) is 0.835. The standard InChI is InChI=1S/C19H19F3N2O3/c1-13(25)23-11-14-7-9-15(10-8-14)18(26)24(2)12-16-5-3-4-6-17(16)27-19(20,21)22/h3-10H,11-12H2,1-2H3,(H,23,25). The van der Waals surface area contributed by atoms with Crippen LogP contribution in [0.25, 0.3) is 0 Å². The van der Waals surface area contributed by atoms with Crippen LogP contribution in [0.15, 0.2) is 48.5 Å². The molecule has 0 saturated carbocycles. The summed E-state index contributed by atoms with van der Waals surface area (Å²) in [6.45, 7) is 1.72. The highest BCUT2D eigenvalue weighted by atomic mass is 19.4. The third kappa shape index (κ3) is 6.32. The van der Waals surface area contributed by atoms with Gasteiger partial charge in [0.05, 0.1) is 0 Å². The van der Waals surface area contributed by atoms with E-state index in [2.05, 4.69) is 10.1 Å². The Labute approximate surface area is 154 Å². The van der Waals surface area contributed by atoms with Crippen molar-refractivity contribution in [1.82, 2.24) is 10.2 Å². The summed E-state index contributed by atoms with van der Waals surface area (Å²) in [5.74, 6) is -0.840. The second kappa shape index (κ2) is 8.57. The highest BCUT2D eigenvalue weighted by Gasteiger charge is 2.32. The molecule has 5 nitrogen and oxygen atoms in total. The number of carbonyl (C=O) groups is 2. The molecule has 2 amide bonds. The molecule has 0 aliphatic rings. The number of carbonyl (C=O) groups excluding carboxylic acids is 2. The van der Waals surface area contributed by atoms with Crippen LogP contribution < -0.4 is 10.1 Å². The lowest BCUT2D eigenvalue weighted by Crippen LogP contribution is -2.27. The Morgan fingerprint density at radius 1 is 1.07 bits per heavy atom. The first-order valence-corrected chi connectivity index (χ1v) is 8.08. The number of halogens is 3. The molecule has 8 heteroatoms. The minimum absolute atomic E-state index is 0.0429. The molecule has 2 rings (SSSR count). The van der Waals surface area contributed by atoms with Gasteiger partial charge in [0, 0.05) is 38.2 Å². The van der Waals surface area contributed by atoms with Gasteiger partial charge in [0.25, 0.3) is 5.91 Å². The normalized spacial score (nSPS) is 11.0. The Kier molecular flexibility index (Phi) is 6.44. The monoisotopic (exact) mass is 380 g/mol. The maximum atomic E-state index is 12.5. The van der Waals surface area contributed by atoms with Crippen LogP contribution in [-0.4, -0.2) is 30.1 Å². The molecule has 1 N–H and O–H groups in total. The molecular weight excluding hydrogens is 361 g/mol. The van der Waals surface area contributed by atoms with Gasteiger partial charge in [0.2, 0.25) is 5.91 Å². The molecule has 27 heavy (non-hydrogen) atoms. The van der Waals surface area contributed by atoms with Crippen LogP contribution in [0.2, 0.25) is 0 Å². The van der Waals surface area contributed by atoms with Crippen molar-refractivity contribution in [2.24, 2.45) is 0 Å². The average molecular weight is 380 g/mol. The Morgan fingerprint density at radius 2 is 1.70 bits per heavy atom. The fourth-order valence-electron chi connectivity index (χ4n) is 2.40. The van der Waals surface area contributed by atoms with Crippen molar-refractivity contribution in [3.05, 3.63) is 65.2 Å². The van der Waals surface area contributed by atoms with E-state index in [1.54, 1.807) is 30.3 Å². The molecule has 0 fully saturated rings. The van der Waals surface area contributed by atoms with Crippen molar-refractivity contribution in [3.8, 4) is 5.75 Å². The molecule has 2 aromatic carbocycles. The van der Waals surface area contributed by atoms with E-state index in [0.29, 0.717) is 12.1 Å². The van der Waals surface area contributed by atoms with Crippen molar-refractivity contribution in [3.63, 3.8) is 0 Å². The van der Waals surface area contributed by atoms with Gasteiger partial charge < -0.3 is 15.0 Å². The minimum atomic E-state index is -4.80. The minimum Gasteiger partial charge on any atom is -0.405 e. The van der Waals surface area contributed by atoms with Crippen LogP contribution in [0.3, 0.4) is 0 Å². The van der Waals surface area contributed by atoms with E-state index in [1.807, 2.05) is 0 Å². The van der Waals surface area contributed by atoms with Crippen molar-refractivity contribution >= 4 is 11.8 Å². The summed E-state index contributed by atoms with van der Waals surface area (Å²) in [5.41, 5.74) is 1.46. The Bertz CT molecular complexity index is 805. The van der Waals surface area contributed by atoms with E-state index in [1.165, 1.54) is 37.1 Å². The van der Waals surface area contributed by atoms with Crippen LogP contribution in [0, 0.1) is 0 Å². The molecule has 0 saturated heterocycles. The number of para-hydroxylation sites is 1. The Morgan fingerprint density at radius 3 is 2.30 bits per heavy atom. The summed E-state index contributed by atoms with van der Waals surface area (Å²) in [4.78, 5) is 24.7. The molecule has 0 atom stereocenters. The summed E-state index contributed by atoms with van der Waals surface area (Å²) >= 11 is 0. The number of hydrogen-bond donors (Lipinski definition) is 1. The Hall–Kier alpha value is -3.03. The van der Waals surface area contributed by atoms with Gasteiger partial charge >= 0.3 is 6.36 Å². The van der Waals surface area contributed by atoms with Crippen molar-refractivity contribution < 1.29 is 27.5 Å². The van der Waals surface area contributed by atoms with Gasteiger partial charge in [-0.1, -0.05) is 30.3 Å². The first-order valence-electron chi connectivity index (χ1n) is 8.08. The molecule has 0 spiro atoms. The second-order valence-corrected chi connectivity index (χ2v) is 5.92. The molecule has 0 aromatic heterocycles. The van der Waals surface area contributed by atoms with E-state index in [0.717, 1.165) is 5.56 Å². The van der Waals surface area contributed by atoms with E-state index in [9.17, 15) is 22.8 Å². The molecule has 2 aromatic rings. The number of nitrogens with one attached hydrogen (secondary N) is 1. The van der Waals surface area contributed by atoms with Crippen molar-refractivity contribution in [1.29, 1.82) is 0 Å². The molecule has 0 radical (unpaired) electrons. The van der Waals surface area contributed by atoms with Crippen LogP contribution >= 0.6 is 0 Å². The predicted molar refractivity (Wildman–Crippen MR) is 92.9 cm³/mol. The number of amides is 2. The lowest BCUT2D eigenvalue weighted by molar-refractivity contribution is -0.275. The van der Waals surface area contributed by atoms with Crippen molar-refractivity contribution in [2.75, 3.05) is 7.05 Å². The van der Waals surface area contributed by atoms with Gasteiger partial charge in [0.1, 0.15) is 5.75 Å². The number of hydrogen-bond acceptors (Lipinski definition) is 3. The largest absolute Gasteiger partial charge is 0.573 e. The fraction of sp³-hybridized carbons (Fsp3) is 0.263. The Balaban J connectivity index is 2.07. The molecule has 0 unspecified atom stereocenters. The molecular formula is C19H19F3N2O3. The van der Waals surface area contributed by atoms with E-state index >= 15 is 0 Å². The number of ether oxygens (including phenoxy) is 1. The zero-order valence-corrected chi connectivity index (χ0v) is 14.8. The van der Waals surface area contributed by atoms with Gasteiger partial charge in [-0.2, -0.15) is 0 Å². The number of nitrogens with zero attached hydrogens (tertiary/aromatic N) is 1. The molecule has 0 heterocycles. The third-order valence-corrected chi connectivity index (χ3v) is 3.69. The molecule has 0 bridgehead atoms. The van der Waals surface area contributed by atoms with E-state index in [4.69, 9.17) is 0 Å². The second-order valence-electron chi connectivity index (χ2n) is 5.92. The first kappa shape index (κ1) is 20.3. The lowest BCUT2D eigenvalue weighted by atomic mass is 10.1. The van der Waals surface area contributed by atoms with Crippen LogP contribution in [-0.2, 0) is 17.9 Å². The zero-order valence-electron chi connectivity index (χ0n) is 14.8. The summed E-state index contributed by atoms with van der Waals surface area (Å²) in [6, 6.07) is 12.3. The zero-order chi connectivity index (χ0) is 20.0. The maximum absolute atomic E-state index is 12.5. The van der Waals surface area contributed by atoms with E-state index < -0.39 is 6.36 Å². The number of benzene rings is 2. The fourth-order valence-corrected chi connectivity index (χ4v) is 2.40.